The van der Waals surface area contributed by atoms with E-state index in [9.17, 15) is 18.4 Å². The topological polar surface area (TPSA) is 52.7 Å². The predicted molar refractivity (Wildman–Crippen MR) is 94.0 cm³/mol. The Hall–Kier alpha value is -2.96. The van der Waals surface area contributed by atoms with Gasteiger partial charge in [-0.1, -0.05) is 24.3 Å². The standard InChI is InChI=1S/C20H17F2N3O2/c21-15-5-6-16-14(19(15)22)9-24(20(27)23-16)10-18(26)25-8-11-7-17(25)13-4-2-1-3-12(11)13/h1-6,11,17H,7-10H2,(H,23,27). The van der Waals surface area contributed by atoms with Gasteiger partial charge in [0.05, 0.1) is 18.3 Å². The van der Waals surface area contributed by atoms with Crippen LogP contribution in [-0.4, -0.2) is 34.8 Å². The van der Waals surface area contributed by atoms with Gasteiger partial charge < -0.3 is 15.1 Å². The Morgan fingerprint density at radius 2 is 1.93 bits per heavy atom. The summed E-state index contributed by atoms with van der Waals surface area (Å²) in [6.45, 7) is 0.344. The molecule has 1 aliphatic carbocycles. The molecule has 5 nitrogen and oxygen atoms in total. The Kier molecular flexibility index (Phi) is 3.47. The minimum atomic E-state index is -0.987. The number of nitrogens with zero attached hydrogens (tertiary/aromatic N) is 2. The Bertz CT molecular complexity index is 978. The maximum atomic E-state index is 14.1. The Labute approximate surface area is 154 Å². The number of nitrogens with one attached hydrogen (secondary N) is 1. The Morgan fingerprint density at radius 3 is 2.74 bits per heavy atom. The number of hydrogen-bond acceptors (Lipinski definition) is 2. The summed E-state index contributed by atoms with van der Waals surface area (Å²) in [5.41, 5.74) is 2.78. The van der Waals surface area contributed by atoms with E-state index in [-0.39, 0.29) is 36.3 Å². The van der Waals surface area contributed by atoms with Crippen LogP contribution in [0.4, 0.5) is 19.3 Å². The van der Waals surface area contributed by atoms with Gasteiger partial charge in [-0.05, 0) is 29.7 Å². The average molecular weight is 369 g/mol. The van der Waals surface area contributed by atoms with Crippen molar-refractivity contribution in [2.45, 2.75) is 24.9 Å². The fourth-order valence-corrected chi connectivity index (χ4v) is 4.52. The smallest absolute Gasteiger partial charge is 0.322 e. The van der Waals surface area contributed by atoms with Crippen LogP contribution in [0.2, 0.25) is 0 Å². The second-order valence-corrected chi connectivity index (χ2v) is 7.30. The first-order valence-corrected chi connectivity index (χ1v) is 8.94. The van der Waals surface area contributed by atoms with Gasteiger partial charge in [0.25, 0.3) is 0 Å². The van der Waals surface area contributed by atoms with Gasteiger partial charge in [0.1, 0.15) is 6.54 Å². The van der Waals surface area contributed by atoms with Gasteiger partial charge in [-0.2, -0.15) is 0 Å². The summed E-state index contributed by atoms with van der Waals surface area (Å²) < 4.78 is 27.6. The van der Waals surface area contributed by atoms with Gasteiger partial charge in [0.2, 0.25) is 5.91 Å². The number of anilines is 1. The normalized spacial score (nSPS) is 22.5. The molecule has 2 unspecified atom stereocenters. The fourth-order valence-electron chi connectivity index (χ4n) is 4.52. The van der Waals surface area contributed by atoms with Crippen molar-refractivity contribution in [1.82, 2.24) is 9.80 Å². The first-order valence-electron chi connectivity index (χ1n) is 8.94. The highest BCUT2D eigenvalue weighted by Gasteiger charge is 2.44. The molecule has 3 amide bonds. The van der Waals surface area contributed by atoms with Crippen molar-refractivity contribution in [3.8, 4) is 0 Å². The van der Waals surface area contributed by atoms with Crippen molar-refractivity contribution in [1.29, 1.82) is 0 Å². The third kappa shape index (κ3) is 2.41. The molecule has 1 fully saturated rings. The number of halogens is 2. The van der Waals surface area contributed by atoms with Gasteiger partial charge in [0.15, 0.2) is 11.6 Å². The van der Waals surface area contributed by atoms with Crippen molar-refractivity contribution in [3.05, 3.63) is 64.7 Å². The molecule has 2 bridgehead atoms. The molecule has 138 valence electrons. The summed E-state index contributed by atoms with van der Waals surface area (Å²) in [5.74, 6) is -1.80. The summed E-state index contributed by atoms with van der Waals surface area (Å²) in [5, 5.41) is 2.53. The summed E-state index contributed by atoms with van der Waals surface area (Å²) in [6.07, 6.45) is 0.903. The number of likely N-dealkylation sites (tertiary alicyclic amines) is 1. The highest BCUT2D eigenvalue weighted by Crippen LogP contribution is 2.50. The first-order chi connectivity index (χ1) is 13.0. The van der Waals surface area contributed by atoms with E-state index in [2.05, 4.69) is 11.4 Å². The van der Waals surface area contributed by atoms with E-state index in [1.807, 2.05) is 18.2 Å². The van der Waals surface area contributed by atoms with Crippen LogP contribution in [0.1, 0.15) is 35.1 Å². The zero-order chi connectivity index (χ0) is 18.7. The number of carbonyl (C=O) groups excluding carboxylic acids is 2. The van der Waals surface area contributed by atoms with Crippen molar-refractivity contribution >= 4 is 17.6 Å². The molecule has 0 spiro atoms. The number of hydrogen-bond donors (Lipinski definition) is 1. The molecule has 2 atom stereocenters. The highest BCUT2D eigenvalue weighted by atomic mass is 19.2. The number of rotatable bonds is 2. The molecule has 5 rings (SSSR count). The monoisotopic (exact) mass is 369 g/mol. The second kappa shape index (κ2) is 5.77. The van der Waals surface area contributed by atoms with E-state index in [1.54, 1.807) is 4.90 Å². The van der Waals surface area contributed by atoms with Crippen molar-refractivity contribution in [2.24, 2.45) is 0 Å². The van der Waals surface area contributed by atoms with E-state index in [0.29, 0.717) is 12.5 Å². The van der Waals surface area contributed by atoms with E-state index in [4.69, 9.17) is 0 Å². The van der Waals surface area contributed by atoms with Gasteiger partial charge in [-0.25, -0.2) is 13.6 Å². The molecule has 1 saturated heterocycles. The lowest BCUT2D eigenvalue weighted by molar-refractivity contribution is -0.133. The zero-order valence-corrected chi connectivity index (χ0v) is 14.4. The average Bonchev–Trinajstić information content (AvgIpc) is 3.26. The molecule has 7 heteroatoms. The lowest BCUT2D eigenvalue weighted by atomic mass is 9.99. The van der Waals surface area contributed by atoms with Gasteiger partial charge in [-0.3, -0.25) is 4.79 Å². The van der Waals surface area contributed by atoms with E-state index in [1.165, 1.54) is 22.1 Å². The second-order valence-electron chi connectivity index (χ2n) is 7.30. The maximum absolute atomic E-state index is 14.1. The lowest BCUT2D eigenvalue weighted by Crippen LogP contribution is -2.46. The highest BCUT2D eigenvalue weighted by molar-refractivity contribution is 5.95. The van der Waals surface area contributed by atoms with E-state index in [0.717, 1.165) is 12.5 Å². The SMILES string of the molecule is O=C1Nc2ccc(F)c(F)c2CN1CC(=O)N1CC2CC1c1ccccc12. The Balaban J connectivity index is 1.35. The van der Waals surface area contributed by atoms with Crippen LogP contribution in [0.15, 0.2) is 36.4 Å². The first kappa shape index (κ1) is 16.2. The van der Waals surface area contributed by atoms with Crippen LogP contribution in [0.3, 0.4) is 0 Å². The van der Waals surface area contributed by atoms with Crippen LogP contribution in [0, 0.1) is 11.6 Å². The molecular weight excluding hydrogens is 352 g/mol. The lowest BCUT2D eigenvalue weighted by Gasteiger charge is -2.33. The molecule has 27 heavy (non-hydrogen) atoms. The Morgan fingerprint density at radius 1 is 1.15 bits per heavy atom. The number of fused-ring (bicyclic) bond motifs is 6. The minimum absolute atomic E-state index is 0.0352. The van der Waals surface area contributed by atoms with Crippen molar-refractivity contribution in [2.75, 3.05) is 18.4 Å². The van der Waals surface area contributed by atoms with Crippen LogP contribution in [0.5, 0.6) is 0 Å². The summed E-state index contributed by atoms with van der Waals surface area (Å²) in [4.78, 5) is 28.2. The van der Waals surface area contributed by atoms with Gasteiger partial charge in [-0.15, -0.1) is 0 Å². The van der Waals surface area contributed by atoms with Crippen molar-refractivity contribution < 1.29 is 18.4 Å². The van der Waals surface area contributed by atoms with Crippen molar-refractivity contribution in [3.63, 3.8) is 0 Å². The fraction of sp³-hybridized carbons (Fsp3) is 0.300. The van der Waals surface area contributed by atoms with Crippen LogP contribution < -0.4 is 5.32 Å². The molecule has 1 N–H and O–H groups in total. The third-order valence-corrected chi connectivity index (χ3v) is 5.82. The summed E-state index contributed by atoms with van der Waals surface area (Å²) >= 11 is 0. The molecule has 0 aromatic heterocycles. The number of urea groups is 1. The van der Waals surface area contributed by atoms with Crippen LogP contribution in [0.25, 0.3) is 0 Å². The maximum Gasteiger partial charge on any atom is 0.322 e. The largest absolute Gasteiger partial charge is 0.333 e. The van der Waals surface area contributed by atoms with E-state index >= 15 is 0 Å². The molecular formula is C20H17F2N3O2. The van der Waals surface area contributed by atoms with Crippen LogP contribution >= 0.6 is 0 Å². The zero-order valence-electron chi connectivity index (χ0n) is 14.4. The van der Waals surface area contributed by atoms with E-state index < -0.39 is 17.7 Å². The predicted octanol–water partition coefficient (Wildman–Crippen LogP) is 3.38. The summed E-state index contributed by atoms with van der Waals surface area (Å²) in [6, 6.07) is 9.99. The van der Waals surface area contributed by atoms with Crippen LogP contribution in [-0.2, 0) is 11.3 Å². The third-order valence-electron chi connectivity index (χ3n) is 5.82. The number of carbonyl (C=O) groups is 2. The van der Waals surface area contributed by atoms with Gasteiger partial charge >= 0.3 is 6.03 Å². The number of amides is 3. The number of benzene rings is 2. The molecule has 0 radical (unpaired) electrons. The molecule has 3 aliphatic rings. The molecule has 0 saturated carbocycles. The molecule has 2 aliphatic heterocycles. The quantitative estimate of drug-likeness (QED) is 0.882. The summed E-state index contributed by atoms with van der Waals surface area (Å²) in [7, 11) is 0. The molecule has 2 aromatic carbocycles. The van der Waals surface area contributed by atoms with Gasteiger partial charge in [0, 0.05) is 18.0 Å². The molecule has 2 heterocycles. The minimum Gasteiger partial charge on any atom is -0.333 e. The molecule has 2 aromatic rings.